The summed E-state index contributed by atoms with van der Waals surface area (Å²) in [4.78, 5) is 25.5. The number of nitrogens with one attached hydrogen (secondary N) is 2. The molecule has 0 aromatic carbocycles. The van der Waals surface area contributed by atoms with Gasteiger partial charge in [0.2, 0.25) is 5.56 Å². The van der Waals surface area contributed by atoms with Crippen LogP contribution in [0.4, 0.5) is 0 Å². The summed E-state index contributed by atoms with van der Waals surface area (Å²) in [6, 6.07) is 4.85. The molecule has 92 valence electrons. The van der Waals surface area contributed by atoms with Crippen molar-refractivity contribution < 1.29 is 4.79 Å². The molecule has 0 saturated heterocycles. The molecule has 2 atom stereocenters. The summed E-state index contributed by atoms with van der Waals surface area (Å²) in [5.41, 5.74) is 0.0937. The number of carbonyl (C=O) groups excluding carboxylic acids is 1. The van der Waals surface area contributed by atoms with Gasteiger partial charge in [-0.1, -0.05) is 6.07 Å². The number of aromatic nitrogens is 1. The van der Waals surface area contributed by atoms with Gasteiger partial charge in [0, 0.05) is 17.4 Å². The fourth-order valence-corrected chi connectivity index (χ4v) is 2.93. The highest BCUT2D eigenvalue weighted by molar-refractivity contribution is 7.99. The zero-order chi connectivity index (χ0) is 12.3. The molecule has 4 nitrogen and oxygen atoms in total. The van der Waals surface area contributed by atoms with E-state index < -0.39 is 0 Å². The summed E-state index contributed by atoms with van der Waals surface area (Å²) in [5.74, 6) is -0.186. The molecule has 0 spiro atoms. The Balaban J connectivity index is 1.96. The Hall–Kier alpha value is -1.23. The number of carbonyl (C=O) groups is 1. The molecule has 17 heavy (non-hydrogen) atoms. The van der Waals surface area contributed by atoms with Crippen LogP contribution >= 0.6 is 11.8 Å². The van der Waals surface area contributed by atoms with Crippen LogP contribution in [0.2, 0.25) is 0 Å². The van der Waals surface area contributed by atoms with Gasteiger partial charge in [-0.3, -0.25) is 9.59 Å². The Morgan fingerprint density at radius 2 is 2.29 bits per heavy atom. The number of rotatable bonds is 3. The van der Waals surface area contributed by atoms with Gasteiger partial charge in [-0.2, -0.15) is 11.8 Å². The third-order valence-corrected chi connectivity index (χ3v) is 4.16. The molecule has 1 aromatic rings. The van der Waals surface area contributed by atoms with E-state index in [0.717, 1.165) is 19.3 Å². The van der Waals surface area contributed by atoms with Crippen LogP contribution in [0, 0.1) is 0 Å². The lowest BCUT2D eigenvalue weighted by Crippen LogP contribution is -2.34. The predicted molar refractivity (Wildman–Crippen MR) is 69.5 cm³/mol. The first-order valence-corrected chi connectivity index (χ1v) is 7.01. The molecule has 1 heterocycles. The highest BCUT2D eigenvalue weighted by Crippen LogP contribution is 2.28. The second-order valence-corrected chi connectivity index (χ2v) is 5.41. The minimum Gasteiger partial charge on any atom is -0.348 e. The maximum absolute atomic E-state index is 11.9. The average molecular weight is 252 g/mol. The van der Waals surface area contributed by atoms with Gasteiger partial charge < -0.3 is 10.3 Å². The second kappa shape index (κ2) is 5.40. The zero-order valence-electron chi connectivity index (χ0n) is 9.73. The Labute approximate surface area is 104 Å². The Morgan fingerprint density at radius 3 is 2.94 bits per heavy atom. The molecule has 2 N–H and O–H groups in total. The number of aromatic amines is 1. The number of pyridine rings is 1. The molecule has 5 heteroatoms. The molecule has 0 aliphatic heterocycles. The number of hydrogen-bond donors (Lipinski definition) is 2. The van der Waals surface area contributed by atoms with Crippen molar-refractivity contribution in [2.24, 2.45) is 0 Å². The smallest absolute Gasteiger partial charge is 0.268 e. The van der Waals surface area contributed by atoms with Crippen molar-refractivity contribution >= 4 is 17.7 Å². The zero-order valence-corrected chi connectivity index (χ0v) is 10.5. The van der Waals surface area contributed by atoms with Crippen LogP contribution in [0.15, 0.2) is 23.0 Å². The molecule has 1 aromatic heterocycles. The quantitative estimate of drug-likeness (QED) is 0.854. The highest BCUT2D eigenvalue weighted by Gasteiger charge is 2.25. The number of amides is 1. The van der Waals surface area contributed by atoms with Gasteiger partial charge in [0.25, 0.3) is 5.91 Å². The first-order chi connectivity index (χ1) is 8.19. The van der Waals surface area contributed by atoms with Gasteiger partial charge in [-0.05, 0) is 31.6 Å². The molecule has 0 bridgehead atoms. The minimum absolute atomic E-state index is 0.186. The molecule has 1 fully saturated rings. The molecule has 2 rings (SSSR count). The lowest BCUT2D eigenvalue weighted by Gasteiger charge is -2.12. The van der Waals surface area contributed by atoms with E-state index in [1.807, 2.05) is 11.8 Å². The van der Waals surface area contributed by atoms with Gasteiger partial charge in [0.05, 0.1) is 0 Å². The molecule has 1 aliphatic carbocycles. The van der Waals surface area contributed by atoms with Gasteiger partial charge in [0.15, 0.2) is 0 Å². The summed E-state index contributed by atoms with van der Waals surface area (Å²) in [5, 5.41) is 3.61. The van der Waals surface area contributed by atoms with Gasteiger partial charge in [-0.15, -0.1) is 0 Å². The molecule has 1 aliphatic rings. The van der Waals surface area contributed by atoms with Crippen LogP contribution in [-0.4, -0.2) is 28.4 Å². The third kappa shape index (κ3) is 3.12. The van der Waals surface area contributed by atoms with E-state index in [4.69, 9.17) is 0 Å². The van der Waals surface area contributed by atoms with E-state index in [2.05, 4.69) is 16.6 Å². The van der Waals surface area contributed by atoms with E-state index in [-0.39, 0.29) is 17.5 Å². The summed E-state index contributed by atoms with van der Waals surface area (Å²) >= 11 is 1.85. The van der Waals surface area contributed by atoms with E-state index in [0.29, 0.717) is 10.9 Å². The fraction of sp³-hybridized carbons (Fsp3) is 0.500. The molecular formula is C12H16N2O2S. The largest absolute Gasteiger partial charge is 0.348 e. The van der Waals surface area contributed by atoms with Crippen LogP contribution < -0.4 is 10.9 Å². The van der Waals surface area contributed by atoms with Crippen LogP contribution in [0.3, 0.4) is 0 Å². The van der Waals surface area contributed by atoms with Gasteiger partial charge >= 0.3 is 0 Å². The van der Waals surface area contributed by atoms with Crippen molar-refractivity contribution in [3.63, 3.8) is 0 Å². The predicted octanol–water partition coefficient (Wildman–Crippen LogP) is 1.39. The first kappa shape index (κ1) is 12.2. The molecule has 1 amide bonds. The SMILES string of the molecule is CSC1CCC(NC(=O)c2cccc(=O)[nH]2)C1. The molecule has 0 radical (unpaired) electrons. The summed E-state index contributed by atoms with van der Waals surface area (Å²) < 4.78 is 0. The summed E-state index contributed by atoms with van der Waals surface area (Å²) in [7, 11) is 0. The maximum atomic E-state index is 11.9. The van der Waals surface area contributed by atoms with Crippen molar-refractivity contribution in [2.75, 3.05) is 6.26 Å². The molecular weight excluding hydrogens is 236 g/mol. The fourth-order valence-electron chi connectivity index (χ4n) is 2.13. The van der Waals surface area contributed by atoms with E-state index in [1.54, 1.807) is 12.1 Å². The average Bonchev–Trinajstić information content (AvgIpc) is 2.77. The minimum atomic E-state index is -0.244. The first-order valence-electron chi connectivity index (χ1n) is 5.72. The van der Waals surface area contributed by atoms with Crippen molar-refractivity contribution in [1.82, 2.24) is 10.3 Å². The second-order valence-electron chi connectivity index (χ2n) is 4.27. The van der Waals surface area contributed by atoms with Crippen molar-refractivity contribution in [3.05, 3.63) is 34.2 Å². The van der Waals surface area contributed by atoms with Crippen molar-refractivity contribution in [2.45, 2.75) is 30.6 Å². The normalized spacial score (nSPS) is 23.6. The number of hydrogen-bond acceptors (Lipinski definition) is 3. The highest BCUT2D eigenvalue weighted by atomic mass is 32.2. The standard InChI is InChI=1S/C12H16N2O2S/c1-17-9-6-5-8(7-9)13-12(16)10-3-2-4-11(15)14-10/h2-4,8-9H,5-7H2,1H3,(H,13,16)(H,14,15). The topological polar surface area (TPSA) is 62.0 Å². The van der Waals surface area contributed by atoms with Crippen LogP contribution in [0.25, 0.3) is 0 Å². The van der Waals surface area contributed by atoms with E-state index in [1.165, 1.54) is 6.07 Å². The third-order valence-electron chi connectivity index (χ3n) is 3.07. The lowest BCUT2D eigenvalue weighted by molar-refractivity contribution is 0.0932. The number of thioether (sulfide) groups is 1. The van der Waals surface area contributed by atoms with Crippen LogP contribution in [0.5, 0.6) is 0 Å². The van der Waals surface area contributed by atoms with Crippen molar-refractivity contribution in [3.8, 4) is 0 Å². The van der Waals surface area contributed by atoms with E-state index >= 15 is 0 Å². The monoisotopic (exact) mass is 252 g/mol. The van der Waals surface area contributed by atoms with E-state index in [9.17, 15) is 9.59 Å². The maximum Gasteiger partial charge on any atom is 0.268 e. The number of H-pyrrole nitrogens is 1. The van der Waals surface area contributed by atoms with Gasteiger partial charge in [0.1, 0.15) is 5.69 Å². The summed E-state index contributed by atoms with van der Waals surface area (Å²) in [6.45, 7) is 0. The Morgan fingerprint density at radius 1 is 1.47 bits per heavy atom. The van der Waals surface area contributed by atoms with Crippen LogP contribution in [-0.2, 0) is 0 Å². The van der Waals surface area contributed by atoms with Crippen LogP contribution in [0.1, 0.15) is 29.8 Å². The van der Waals surface area contributed by atoms with Crippen molar-refractivity contribution in [1.29, 1.82) is 0 Å². The Bertz CT molecular complexity index is 458. The molecule has 1 saturated carbocycles. The molecule has 2 unspecified atom stereocenters. The van der Waals surface area contributed by atoms with Gasteiger partial charge in [-0.25, -0.2) is 0 Å². The lowest BCUT2D eigenvalue weighted by atomic mass is 10.2. The summed E-state index contributed by atoms with van der Waals surface area (Å²) in [6.07, 6.45) is 5.29. The Kier molecular flexibility index (Phi) is 3.89.